The molecule has 0 amide bonds. The molecule has 4 nitrogen and oxygen atoms in total. The van der Waals surface area contributed by atoms with E-state index in [1.54, 1.807) is 0 Å². The Morgan fingerprint density at radius 1 is 1.33 bits per heavy atom. The molecule has 0 saturated heterocycles. The highest BCUT2D eigenvalue weighted by molar-refractivity contribution is 5.59. The van der Waals surface area contributed by atoms with Gasteiger partial charge in [-0.2, -0.15) is 5.48 Å². The van der Waals surface area contributed by atoms with Gasteiger partial charge in [0.05, 0.1) is 6.61 Å². The molecule has 0 aliphatic rings. The molecule has 1 N–H and O–H groups in total. The summed E-state index contributed by atoms with van der Waals surface area (Å²) in [5.41, 5.74) is 2.24. The fourth-order valence-corrected chi connectivity index (χ4v) is 0.797. The third-order valence-electron chi connectivity index (χ3n) is 1.40. The summed E-state index contributed by atoms with van der Waals surface area (Å²) in [5, 5.41) is 0. The number of hydrogen-bond acceptors (Lipinski definition) is 4. The summed E-state index contributed by atoms with van der Waals surface area (Å²) in [4.78, 5) is 14.9. The Bertz CT molecular complexity index is 117. The Hall–Kier alpha value is -0.770. The van der Waals surface area contributed by atoms with Gasteiger partial charge in [-0.25, -0.2) is 4.79 Å². The molecular formula is C8H17NO3. The average Bonchev–Trinajstić information content (AvgIpc) is 2.05. The van der Waals surface area contributed by atoms with E-state index >= 15 is 0 Å². The van der Waals surface area contributed by atoms with Gasteiger partial charge in [-0.05, 0) is 6.42 Å². The Balaban J connectivity index is 3.03. The normalized spacial score (nSPS) is 9.50. The maximum atomic E-state index is 10.6. The lowest BCUT2D eigenvalue weighted by molar-refractivity contribution is 0.0236. The van der Waals surface area contributed by atoms with E-state index in [0.717, 1.165) is 12.8 Å². The minimum atomic E-state index is -0.658. The number of carbonyl (C=O) groups is 1. The summed E-state index contributed by atoms with van der Waals surface area (Å²) >= 11 is 0. The Kier molecular flexibility index (Phi) is 7.79. The second-order valence-electron chi connectivity index (χ2n) is 2.47. The molecule has 0 rings (SSSR count). The maximum absolute atomic E-state index is 10.6. The van der Waals surface area contributed by atoms with Gasteiger partial charge >= 0.3 is 6.16 Å². The van der Waals surface area contributed by atoms with Crippen LogP contribution in [0.25, 0.3) is 0 Å². The van der Waals surface area contributed by atoms with E-state index in [1.807, 2.05) is 0 Å². The van der Waals surface area contributed by atoms with Crippen molar-refractivity contribution in [2.45, 2.75) is 32.6 Å². The fraction of sp³-hybridized carbons (Fsp3) is 0.875. The molecule has 0 aromatic rings. The molecule has 0 heterocycles. The highest BCUT2D eigenvalue weighted by Gasteiger charge is 2.00. The molecule has 0 radical (unpaired) electrons. The van der Waals surface area contributed by atoms with Gasteiger partial charge in [-0.3, -0.25) is 0 Å². The molecule has 0 aliphatic heterocycles. The molecule has 12 heavy (non-hydrogen) atoms. The number of unbranched alkanes of at least 4 members (excludes halogenated alkanes) is 3. The lowest BCUT2D eigenvalue weighted by atomic mass is 10.2. The Labute approximate surface area is 73.2 Å². The molecule has 0 bridgehead atoms. The zero-order chi connectivity index (χ0) is 9.23. The lowest BCUT2D eigenvalue weighted by Crippen LogP contribution is -2.16. The van der Waals surface area contributed by atoms with Crippen molar-refractivity contribution >= 4 is 6.16 Å². The standard InChI is InChI=1S/C8H17NO3/c1-3-4-5-6-7-11-8(10)12-9-2/h9H,3-7H2,1-2H3. The first-order chi connectivity index (χ1) is 5.81. The molecule has 0 unspecified atom stereocenters. The van der Waals surface area contributed by atoms with E-state index in [0.29, 0.717) is 6.61 Å². The maximum Gasteiger partial charge on any atom is 0.527 e. The summed E-state index contributed by atoms with van der Waals surface area (Å²) in [6, 6.07) is 0. The van der Waals surface area contributed by atoms with E-state index in [1.165, 1.54) is 19.9 Å². The van der Waals surface area contributed by atoms with E-state index in [9.17, 15) is 4.79 Å². The van der Waals surface area contributed by atoms with Crippen LogP contribution < -0.4 is 5.48 Å². The van der Waals surface area contributed by atoms with E-state index < -0.39 is 6.16 Å². The monoisotopic (exact) mass is 175 g/mol. The van der Waals surface area contributed by atoms with Crippen LogP contribution >= 0.6 is 0 Å². The topological polar surface area (TPSA) is 47.6 Å². The predicted molar refractivity (Wildman–Crippen MR) is 45.6 cm³/mol. The number of hydrogen-bond donors (Lipinski definition) is 1. The molecule has 0 aromatic carbocycles. The second kappa shape index (κ2) is 8.33. The van der Waals surface area contributed by atoms with Gasteiger partial charge < -0.3 is 9.57 Å². The summed E-state index contributed by atoms with van der Waals surface area (Å²) in [6.07, 6.45) is 3.72. The quantitative estimate of drug-likeness (QED) is 0.380. The second-order valence-corrected chi connectivity index (χ2v) is 2.47. The van der Waals surface area contributed by atoms with E-state index in [2.05, 4.69) is 17.2 Å². The highest BCUT2D eigenvalue weighted by atomic mass is 16.8. The van der Waals surface area contributed by atoms with Crippen molar-refractivity contribution in [2.75, 3.05) is 13.7 Å². The summed E-state index contributed by atoms with van der Waals surface area (Å²) < 4.78 is 4.71. The number of rotatable bonds is 6. The summed E-state index contributed by atoms with van der Waals surface area (Å²) in [6.45, 7) is 2.58. The minimum Gasteiger partial charge on any atom is -0.433 e. The van der Waals surface area contributed by atoms with Crippen molar-refractivity contribution in [3.8, 4) is 0 Å². The van der Waals surface area contributed by atoms with Crippen LogP contribution in [-0.4, -0.2) is 19.8 Å². The van der Waals surface area contributed by atoms with Crippen LogP contribution in [0.3, 0.4) is 0 Å². The van der Waals surface area contributed by atoms with Crippen LogP contribution in [0, 0.1) is 0 Å². The van der Waals surface area contributed by atoms with Crippen molar-refractivity contribution in [1.29, 1.82) is 0 Å². The van der Waals surface area contributed by atoms with E-state index in [-0.39, 0.29) is 0 Å². The van der Waals surface area contributed by atoms with E-state index in [4.69, 9.17) is 4.74 Å². The molecule has 4 heteroatoms. The van der Waals surface area contributed by atoms with Crippen LogP contribution in [0.5, 0.6) is 0 Å². The van der Waals surface area contributed by atoms with Crippen molar-refractivity contribution in [3.63, 3.8) is 0 Å². The van der Waals surface area contributed by atoms with Gasteiger partial charge in [-0.1, -0.05) is 26.2 Å². The largest absolute Gasteiger partial charge is 0.527 e. The van der Waals surface area contributed by atoms with Gasteiger partial charge in [0.25, 0.3) is 0 Å². The number of ether oxygens (including phenoxy) is 1. The molecule has 0 aromatic heterocycles. The molecule has 0 atom stereocenters. The minimum absolute atomic E-state index is 0.445. The van der Waals surface area contributed by atoms with Gasteiger partial charge in [0.1, 0.15) is 0 Å². The first kappa shape index (κ1) is 11.2. The average molecular weight is 175 g/mol. The van der Waals surface area contributed by atoms with Crippen molar-refractivity contribution in [3.05, 3.63) is 0 Å². The van der Waals surface area contributed by atoms with Gasteiger partial charge in [0.15, 0.2) is 0 Å². The first-order valence-electron chi connectivity index (χ1n) is 4.31. The third-order valence-corrected chi connectivity index (χ3v) is 1.40. The summed E-state index contributed by atoms with van der Waals surface area (Å²) in [5.74, 6) is 0. The Morgan fingerprint density at radius 2 is 2.08 bits per heavy atom. The molecule has 0 fully saturated rings. The molecular weight excluding hydrogens is 158 g/mol. The van der Waals surface area contributed by atoms with Gasteiger partial charge in [0, 0.05) is 7.05 Å². The predicted octanol–water partition coefficient (Wildman–Crippen LogP) is 1.85. The zero-order valence-electron chi connectivity index (χ0n) is 7.76. The number of nitrogens with one attached hydrogen (secondary N) is 1. The first-order valence-corrected chi connectivity index (χ1v) is 4.31. The van der Waals surface area contributed by atoms with Crippen LogP contribution in [0.2, 0.25) is 0 Å². The smallest absolute Gasteiger partial charge is 0.433 e. The number of carbonyl (C=O) groups excluding carboxylic acids is 1. The fourth-order valence-electron chi connectivity index (χ4n) is 0.797. The Morgan fingerprint density at radius 3 is 2.67 bits per heavy atom. The van der Waals surface area contributed by atoms with Crippen LogP contribution in [-0.2, 0) is 9.57 Å². The van der Waals surface area contributed by atoms with Gasteiger partial charge in [0.2, 0.25) is 0 Å². The third kappa shape index (κ3) is 7.34. The van der Waals surface area contributed by atoms with Crippen LogP contribution in [0.15, 0.2) is 0 Å². The van der Waals surface area contributed by atoms with Crippen molar-refractivity contribution < 1.29 is 14.4 Å². The molecule has 0 aliphatic carbocycles. The van der Waals surface area contributed by atoms with Gasteiger partial charge in [-0.15, -0.1) is 0 Å². The summed E-state index contributed by atoms with van der Waals surface area (Å²) in [7, 11) is 1.51. The van der Waals surface area contributed by atoms with Crippen LogP contribution in [0.1, 0.15) is 32.6 Å². The number of hydroxylamine groups is 1. The lowest BCUT2D eigenvalue weighted by Gasteiger charge is -2.02. The van der Waals surface area contributed by atoms with Crippen LogP contribution in [0.4, 0.5) is 4.79 Å². The molecule has 72 valence electrons. The molecule has 0 spiro atoms. The van der Waals surface area contributed by atoms with Crippen molar-refractivity contribution in [1.82, 2.24) is 5.48 Å². The highest BCUT2D eigenvalue weighted by Crippen LogP contribution is 1.99. The SMILES string of the molecule is CCCCCCOC(=O)ONC. The van der Waals surface area contributed by atoms with Crippen molar-refractivity contribution in [2.24, 2.45) is 0 Å². The molecule has 0 saturated carbocycles. The zero-order valence-corrected chi connectivity index (χ0v) is 7.76.